The minimum atomic E-state index is -4.86. The summed E-state index contributed by atoms with van der Waals surface area (Å²) in [5, 5.41) is 11.3. The van der Waals surface area contributed by atoms with Crippen LogP contribution in [0.2, 0.25) is 0 Å². The smallest absolute Gasteiger partial charge is 0.417 e. The van der Waals surface area contributed by atoms with Gasteiger partial charge in [-0.2, -0.15) is 22.8 Å². The normalized spacial score (nSPS) is 25.3. The summed E-state index contributed by atoms with van der Waals surface area (Å²) in [6.07, 6.45) is -5.35. The lowest BCUT2D eigenvalue weighted by Gasteiger charge is -2.32. The molecule has 2 heterocycles. The standard InChI is InChI=1S/C21H18F5N3O3/c1-10-15(13-4-5-14(22)16(23)17(13)31-3)18(32-20(10,2)21(24,25)26)19(30)29-11-6-7-28-12(8-11)9-27/h4-8,10,15,18H,1-3H3,(H,28,29,30)/t10-,15-,18+,20+/m0/s1. The number of carbonyl (C=O) groups excluding carboxylic acids is 1. The molecule has 3 rings (SSSR count). The van der Waals surface area contributed by atoms with E-state index in [4.69, 9.17) is 14.7 Å². The highest BCUT2D eigenvalue weighted by Crippen LogP contribution is 2.54. The minimum Gasteiger partial charge on any atom is -0.493 e. The van der Waals surface area contributed by atoms with Gasteiger partial charge in [-0.1, -0.05) is 13.0 Å². The fourth-order valence-electron chi connectivity index (χ4n) is 3.82. The van der Waals surface area contributed by atoms with Gasteiger partial charge in [0.2, 0.25) is 5.82 Å². The number of halogens is 5. The van der Waals surface area contributed by atoms with Crippen molar-refractivity contribution >= 4 is 11.6 Å². The molecule has 0 radical (unpaired) electrons. The Bertz CT molecular complexity index is 1090. The van der Waals surface area contributed by atoms with Gasteiger partial charge in [-0.25, -0.2) is 9.37 Å². The van der Waals surface area contributed by atoms with Gasteiger partial charge in [-0.05, 0) is 25.1 Å². The minimum absolute atomic E-state index is 0.0255. The predicted octanol–water partition coefficient (Wildman–Crippen LogP) is 4.32. The highest BCUT2D eigenvalue weighted by Gasteiger charge is 2.65. The number of carbonyl (C=O) groups is 1. The van der Waals surface area contributed by atoms with Crippen LogP contribution in [0.3, 0.4) is 0 Å². The first-order valence-corrected chi connectivity index (χ1v) is 9.38. The monoisotopic (exact) mass is 455 g/mol. The van der Waals surface area contributed by atoms with Crippen LogP contribution in [0, 0.1) is 28.9 Å². The molecule has 0 spiro atoms. The molecule has 1 fully saturated rings. The van der Waals surface area contributed by atoms with Crippen molar-refractivity contribution in [2.45, 2.75) is 37.6 Å². The lowest BCUT2D eigenvalue weighted by Crippen LogP contribution is -2.47. The van der Waals surface area contributed by atoms with Gasteiger partial charge in [0, 0.05) is 29.3 Å². The average Bonchev–Trinajstić information content (AvgIpc) is 3.02. The summed E-state index contributed by atoms with van der Waals surface area (Å²) >= 11 is 0. The summed E-state index contributed by atoms with van der Waals surface area (Å²) in [5.41, 5.74) is -2.82. The molecule has 1 aromatic heterocycles. The van der Waals surface area contributed by atoms with Crippen molar-refractivity contribution in [3.05, 3.63) is 53.4 Å². The van der Waals surface area contributed by atoms with E-state index in [1.54, 1.807) is 6.07 Å². The Morgan fingerprint density at radius 3 is 2.59 bits per heavy atom. The molecule has 1 amide bonds. The van der Waals surface area contributed by atoms with E-state index < -0.39 is 53.0 Å². The van der Waals surface area contributed by atoms with Crippen molar-refractivity contribution in [1.29, 1.82) is 5.26 Å². The summed E-state index contributed by atoms with van der Waals surface area (Å²) in [6, 6.07) is 6.17. The SMILES string of the molecule is COc1c([C@H]2[C@H](C(=O)Nc3ccnc(C#N)c3)O[C@@](C)(C(F)(F)F)[C@H]2C)ccc(F)c1F. The van der Waals surface area contributed by atoms with E-state index >= 15 is 0 Å². The van der Waals surface area contributed by atoms with Crippen LogP contribution in [-0.4, -0.2) is 35.9 Å². The largest absolute Gasteiger partial charge is 0.493 e. The van der Waals surface area contributed by atoms with Crippen LogP contribution in [0.5, 0.6) is 5.75 Å². The number of nitrogens with zero attached hydrogens (tertiary/aromatic N) is 2. The Hall–Kier alpha value is -3.26. The molecule has 4 atom stereocenters. The molecular weight excluding hydrogens is 437 g/mol. The first-order valence-electron chi connectivity index (χ1n) is 9.38. The number of benzene rings is 1. The van der Waals surface area contributed by atoms with Crippen LogP contribution in [0.25, 0.3) is 0 Å². The van der Waals surface area contributed by atoms with Gasteiger partial charge >= 0.3 is 6.18 Å². The number of methoxy groups -OCH3 is 1. The van der Waals surface area contributed by atoms with Gasteiger partial charge in [0.1, 0.15) is 17.9 Å². The molecule has 1 saturated heterocycles. The average molecular weight is 455 g/mol. The molecule has 1 N–H and O–H groups in total. The number of pyridine rings is 1. The van der Waals surface area contributed by atoms with Crippen molar-refractivity contribution in [3.8, 4) is 11.8 Å². The zero-order valence-electron chi connectivity index (χ0n) is 17.1. The first-order chi connectivity index (χ1) is 14.9. The van der Waals surface area contributed by atoms with Crippen LogP contribution < -0.4 is 10.1 Å². The number of hydrogen-bond acceptors (Lipinski definition) is 5. The number of hydrogen-bond donors (Lipinski definition) is 1. The van der Waals surface area contributed by atoms with E-state index in [1.165, 1.54) is 25.3 Å². The number of aromatic nitrogens is 1. The van der Waals surface area contributed by atoms with Crippen molar-refractivity contribution in [2.75, 3.05) is 12.4 Å². The molecular formula is C21H18F5N3O3. The molecule has 6 nitrogen and oxygen atoms in total. The Balaban J connectivity index is 2.08. The van der Waals surface area contributed by atoms with Gasteiger partial charge in [-0.3, -0.25) is 4.79 Å². The number of rotatable bonds is 4. The highest BCUT2D eigenvalue weighted by molar-refractivity contribution is 5.95. The van der Waals surface area contributed by atoms with Crippen LogP contribution in [0.1, 0.15) is 31.0 Å². The molecule has 32 heavy (non-hydrogen) atoms. The Morgan fingerprint density at radius 2 is 2.00 bits per heavy atom. The molecule has 0 bridgehead atoms. The fourth-order valence-corrected chi connectivity index (χ4v) is 3.82. The molecule has 0 saturated carbocycles. The number of nitriles is 1. The molecule has 1 aliphatic rings. The number of alkyl halides is 3. The topological polar surface area (TPSA) is 84.2 Å². The second kappa shape index (κ2) is 8.35. The maximum atomic E-state index is 14.3. The Labute approximate surface area is 180 Å². The quantitative estimate of drug-likeness (QED) is 0.695. The number of amides is 1. The number of nitrogens with one attached hydrogen (secondary N) is 1. The molecule has 11 heteroatoms. The van der Waals surface area contributed by atoms with Gasteiger partial charge in [-0.15, -0.1) is 0 Å². The first kappa shape index (κ1) is 23.4. The number of ether oxygens (including phenoxy) is 2. The van der Waals surface area contributed by atoms with Crippen LogP contribution in [0.15, 0.2) is 30.5 Å². The van der Waals surface area contributed by atoms with Gasteiger partial charge < -0.3 is 14.8 Å². The van der Waals surface area contributed by atoms with Gasteiger partial charge in [0.15, 0.2) is 17.2 Å². The fraction of sp³-hybridized carbons (Fsp3) is 0.381. The summed E-state index contributed by atoms with van der Waals surface area (Å²) in [4.78, 5) is 16.7. The third-order valence-electron chi connectivity index (χ3n) is 5.71. The van der Waals surface area contributed by atoms with E-state index in [0.717, 1.165) is 26.2 Å². The zero-order chi connectivity index (χ0) is 23.8. The van der Waals surface area contributed by atoms with E-state index in [1.807, 2.05) is 0 Å². The second-order valence-corrected chi connectivity index (χ2v) is 7.47. The van der Waals surface area contributed by atoms with E-state index in [-0.39, 0.29) is 16.9 Å². The molecule has 0 unspecified atom stereocenters. The van der Waals surface area contributed by atoms with Crippen LogP contribution in [-0.2, 0) is 9.53 Å². The molecule has 1 aromatic carbocycles. The summed E-state index contributed by atoms with van der Waals surface area (Å²) in [7, 11) is 1.04. The Morgan fingerprint density at radius 1 is 1.31 bits per heavy atom. The maximum Gasteiger partial charge on any atom is 0.417 e. The van der Waals surface area contributed by atoms with Crippen molar-refractivity contribution in [1.82, 2.24) is 4.98 Å². The molecule has 0 aliphatic carbocycles. The summed E-state index contributed by atoms with van der Waals surface area (Å²) in [5.74, 6) is -6.91. The summed E-state index contributed by atoms with van der Waals surface area (Å²) < 4.78 is 79.9. The van der Waals surface area contributed by atoms with Crippen molar-refractivity contribution in [2.24, 2.45) is 5.92 Å². The third-order valence-corrected chi connectivity index (χ3v) is 5.71. The van der Waals surface area contributed by atoms with E-state index in [9.17, 15) is 26.7 Å². The second-order valence-electron chi connectivity index (χ2n) is 7.47. The van der Waals surface area contributed by atoms with Gasteiger partial charge in [0.05, 0.1) is 7.11 Å². The van der Waals surface area contributed by atoms with Crippen LogP contribution in [0.4, 0.5) is 27.6 Å². The van der Waals surface area contributed by atoms with E-state index in [0.29, 0.717) is 0 Å². The Kier molecular flexibility index (Phi) is 6.11. The van der Waals surface area contributed by atoms with E-state index in [2.05, 4.69) is 10.3 Å². The van der Waals surface area contributed by atoms with Crippen LogP contribution >= 0.6 is 0 Å². The van der Waals surface area contributed by atoms with Gasteiger partial charge in [0.25, 0.3) is 5.91 Å². The number of anilines is 1. The zero-order valence-corrected chi connectivity index (χ0v) is 17.1. The summed E-state index contributed by atoms with van der Waals surface area (Å²) in [6.45, 7) is 2.01. The predicted molar refractivity (Wildman–Crippen MR) is 102 cm³/mol. The maximum absolute atomic E-state index is 14.3. The molecule has 1 aliphatic heterocycles. The van der Waals surface area contributed by atoms with Crippen molar-refractivity contribution in [3.63, 3.8) is 0 Å². The molecule has 2 aromatic rings. The lowest BCUT2D eigenvalue weighted by molar-refractivity contribution is -0.272. The third kappa shape index (κ3) is 3.86. The molecule has 170 valence electrons. The lowest BCUT2D eigenvalue weighted by atomic mass is 9.77. The van der Waals surface area contributed by atoms with Crippen molar-refractivity contribution < 1.29 is 36.2 Å². The highest BCUT2D eigenvalue weighted by atomic mass is 19.4.